The summed E-state index contributed by atoms with van der Waals surface area (Å²) in [5, 5.41) is 2.63. The molecule has 126 valence electrons. The molecule has 0 saturated heterocycles. The molecule has 1 amide bonds. The number of amides is 1. The van der Waals surface area contributed by atoms with E-state index in [0.29, 0.717) is 11.6 Å². The first-order chi connectivity index (χ1) is 11.4. The van der Waals surface area contributed by atoms with Gasteiger partial charge in [0.25, 0.3) is 5.91 Å². The second-order valence-corrected chi connectivity index (χ2v) is 5.63. The molecule has 2 aromatic carbocycles. The lowest BCUT2D eigenvalue weighted by Gasteiger charge is -2.09. The zero-order chi connectivity index (χ0) is 17.7. The van der Waals surface area contributed by atoms with Gasteiger partial charge in [0.2, 0.25) is 0 Å². The molecular weight excluding hydrogens is 311 g/mol. The smallest absolute Gasteiger partial charge is 0.340 e. The van der Waals surface area contributed by atoms with Crippen molar-refractivity contribution in [2.24, 2.45) is 0 Å². The van der Waals surface area contributed by atoms with Crippen LogP contribution < -0.4 is 11.1 Å². The van der Waals surface area contributed by atoms with Crippen molar-refractivity contribution < 1.29 is 18.7 Å². The van der Waals surface area contributed by atoms with Gasteiger partial charge in [0.15, 0.2) is 6.61 Å². The lowest BCUT2D eigenvalue weighted by molar-refractivity contribution is -0.119. The van der Waals surface area contributed by atoms with Gasteiger partial charge in [-0.1, -0.05) is 26.0 Å². The van der Waals surface area contributed by atoms with Gasteiger partial charge < -0.3 is 15.8 Å². The predicted octanol–water partition coefficient (Wildman–Crippen LogP) is 3.33. The maximum atomic E-state index is 12.9. The number of nitrogen functional groups attached to an aromatic ring is 1. The summed E-state index contributed by atoms with van der Waals surface area (Å²) in [6, 6.07) is 10.8. The first-order valence-corrected chi connectivity index (χ1v) is 7.49. The molecule has 0 heterocycles. The lowest BCUT2D eigenvalue weighted by Crippen LogP contribution is -2.21. The number of benzene rings is 2. The van der Waals surface area contributed by atoms with Crippen LogP contribution in [0.25, 0.3) is 0 Å². The largest absolute Gasteiger partial charge is 0.452 e. The summed E-state index contributed by atoms with van der Waals surface area (Å²) in [6.07, 6.45) is 0. The standard InChI is InChI=1S/C18H19FN2O3/c1-11(2)12-3-6-14(7-4-12)21-17(22)10-24-18(23)15-8-5-13(19)9-16(15)20/h3-9,11H,10,20H2,1-2H3,(H,21,22). The minimum absolute atomic E-state index is 0.0190. The maximum absolute atomic E-state index is 12.9. The Kier molecular flexibility index (Phi) is 5.52. The first kappa shape index (κ1) is 17.5. The van der Waals surface area contributed by atoms with Crippen LogP contribution in [-0.4, -0.2) is 18.5 Å². The maximum Gasteiger partial charge on any atom is 0.340 e. The predicted molar refractivity (Wildman–Crippen MR) is 90.3 cm³/mol. The van der Waals surface area contributed by atoms with Gasteiger partial charge in [-0.2, -0.15) is 0 Å². The molecule has 3 N–H and O–H groups in total. The zero-order valence-corrected chi connectivity index (χ0v) is 13.5. The second-order valence-electron chi connectivity index (χ2n) is 5.63. The van der Waals surface area contributed by atoms with Crippen molar-refractivity contribution in [2.45, 2.75) is 19.8 Å². The van der Waals surface area contributed by atoms with Gasteiger partial charge in [0.05, 0.1) is 5.56 Å². The summed E-state index contributed by atoms with van der Waals surface area (Å²) in [6.45, 7) is 3.70. The molecule has 0 radical (unpaired) electrons. The molecule has 0 aromatic heterocycles. The number of rotatable bonds is 5. The Labute approximate surface area is 139 Å². The van der Waals surface area contributed by atoms with E-state index in [1.54, 1.807) is 12.1 Å². The Hall–Kier alpha value is -2.89. The first-order valence-electron chi connectivity index (χ1n) is 7.49. The molecule has 6 heteroatoms. The molecule has 0 aliphatic rings. The molecule has 0 fully saturated rings. The number of halogens is 1. The molecule has 0 atom stereocenters. The van der Waals surface area contributed by atoms with Crippen LogP contribution in [0, 0.1) is 5.82 Å². The highest BCUT2D eigenvalue weighted by atomic mass is 19.1. The van der Waals surface area contributed by atoms with Crippen molar-refractivity contribution in [1.29, 1.82) is 0 Å². The fourth-order valence-corrected chi connectivity index (χ4v) is 2.08. The minimum Gasteiger partial charge on any atom is -0.452 e. The number of carbonyl (C=O) groups excluding carboxylic acids is 2. The highest BCUT2D eigenvalue weighted by Crippen LogP contribution is 2.17. The molecule has 0 unspecified atom stereocenters. The highest BCUT2D eigenvalue weighted by molar-refractivity contribution is 5.98. The molecule has 0 saturated carbocycles. The number of hydrogen-bond acceptors (Lipinski definition) is 4. The normalized spacial score (nSPS) is 10.5. The number of esters is 1. The molecule has 0 aliphatic carbocycles. The Morgan fingerprint density at radius 1 is 1.17 bits per heavy atom. The van der Waals surface area contributed by atoms with Gasteiger partial charge in [0.1, 0.15) is 5.82 Å². The topological polar surface area (TPSA) is 81.4 Å². The van der Waals surface area contributed by atoms with Gasteiger partial charge >= 0.3 is 5.97 Å². The van der Waals surface area contributed by atoms with Crippen molar-refractivity contribution in [3.8, 4) is 0 Å². The lowest BCUT2D eigenvalue weighted by atomic mass is 10.0. The van der Waals surface area contributed by atoms with Gasteiger partial charge in [-0.3, -0.25) is 4.79 Å². The van der Waals surface area contributed by atoms with E-state index >= 15 is 0 Å². The van der Waals surface area contributed by atoms with Crippen LogP contribution in [0.1, 0.15) is 35.7 Å². The fraction of sp³-hybridized carbons (Fsp3) is 0.222. The van der Waals surface area contributed by atoms with Crippen LogP contribution in [0.15, 0.2) is 42.5 Å². The summed E-state index contributed by atoms with van der Waals surface area (Å²) >= 11 is 0. The summed E-state index contributed by atoms with van der Waals surface area (Å²) in [4.78, 5) is 23.7. The molecule has 5 nitrogen and oxygen atoms in total. The van der Waals surface area contributed by atoms with Crippen LogP contribution in [-0.2, 0) is 9.53 Å². The third-order valence-corrected chi connectivity index (χ3v) is 3.43. The number of nitrogens with one attached hydrogen (secondary N) is 1. The van der Waals surface area contributed by atoms with E-state index in [1.165, 1.54) is 6.07 Å². The van der Waals surface area contributed by atoms with E-state index in [0.717, 1.165) is 17.7 Å². The number of ether oxygens (including phenoxy) is 1. The minimum atomic E-state index is -0.780. The molecule has 2 rings (SSSR count). The Morgan fingerprint density at radius 3 is 2.42 bits per heavy atom. The molecular formula is C18H19FN2O3. The molecule has 24 heavy (non-hydrogen) atoms. The monoisotopic (exact) mass is 330 g/mol. The second kappa shape index (κ2) is 7.59. The summed E-state index contributed by atoms with van der Waals surface area (Å²) in [7, 11) is 0. The van der Waals surface area contributed by atoms with Crippen molar-refractivity contribution in [3.63, 3.8) is 0 Å². The molecule has 0 aliphatic heterocycles. The highest BCUT2D eigenvalue weighted by Gasteiger charge is 2.14. The number of nitrogens with two attached hydrogens (primary N) is 1. The van der Waals surface area contributed by atoms with Crippen molar-refractivity contribution in [3.05, 3.63) is 59.4 Å². The van der Waals surface area contributed by atoms with E-state index in [2.05, 4.69) is 19.2 Å². The third kappa shape index (κ3) is 4.55. The number of carbonyl (C=O) groups is 2. The average Bonchev–Trinajstić information content (AvgIpc) is 2.53. The van der Waals surface area contributed by atoms with Crippen LogP contribution in [0.3, 0.4) is 0 Å². The zero-order valence-electron chi connectivity index (χ0n) is 13.5. The van der Waals surface area contributed by atoms with E-state index < -0.39 is 24.3 Å². The van der Waals surface area contributed by atoms with Crippen LogP contribution >= 0.6 is 0 Å². The number of hydrogen-bond donors (Lipinski definition) is 2. The van der Waals surface area contributed by atoms with E-state index in [4.69, 9.17) is 10.5 Å². The third-order valence-electron chi connectivity index (χ3n) is 3.43. The van der Waals surface area contributed by atoms with Crippen LogP contribution in [0.2, 0.25) is 0 Å². The van der Waals surface area contributed by atoms with Crippen molar-refractivity contribution in [1.82, 2.24) is 0 Å². The van der Waals surface area contributed by atoms with Crippen molar-refractivity contribution in [2.75, 3.05) is 17.7 Å². The SMILES string of the molecule is CC(C)c1ccc(NC(=O)COC(=O)c2ccc(F)cc2N)cc1. The Balaban J connectivity index is 1.89. The van der Waals surface area contributed by atoms with E-state index in [1.807, 2.05) is 12.1 Å². The molecule has 2 aromatic rings. The van der Waals surface area contributed by atoms with Crippen molar-refractivity contribution >= 4 is 23.3 Å². The number of anilines is 2. The summed E-state index contributed by atoms with van der Waals surface area (Å²) in [5.41, 5.74) is 7.30. The van der Waals surface area contributed by atoms with Gasteiger partial charge in [0, 0.05) is 11.4 Å². The Bertz CT molecular complexity index is 742. The van der Waals surface area contributed by atoms with Gasteiger partial charge in [-0.15, -0.1) is 0 Å². The van der Waals surface area contributed by atoms with Gasteiger partial charge in [-0.05, 0) is 41.8 Å². The summed E-state index contributed by atoms with van der Waals surface area (Å²) < 4.78 is 17.8. The van der Waals surface area contributed by atoms with E-state index in [9.17, 15) is 14.0 Å². The van der Waals surface area contributed by atoms with E-state index in [-0.39, 0.29) is 11.3 Å². The average molecular weight is 330 g/mol. The van der Waals surface area contributed by atoms with Crippen LogP contribution in [0.5, 0.6) is 0 Å². The Morgan fingerprint density at radius 2 is 1.83 bits per heavy atom. The van der Waals surface area contributed by atoms with Crippen LogP contribution in [0.4, 0.5) is 15.8 Å². The molecule has 0 spiro atoms. The van der Waals surface area contributed by atoms with Gasteiger partial charge in [-0.25, -0.2) is 9.18 Å². The fourth-order valence-electron chi connectivity index (χ4n) is 2.08. The molecule has 0 bridgehead atoms. The quantitative estimate of drug-likeness (QED) is 0.651. The summed E-state index contributed by atoms with van der Waals surface area (Å²) in [5.74, 6) is -1.40.